The van der Waals surface area contributed by atoms with Gasteiger partial charge in [0.05, 0.1) is 27.1 Å². The number of hydrogen-bond acceptors (Lipinski definition) is 6. The molecule has 0 amide bonds. The lowest BCUT2D eigenvalue weighted by molar-refractivity contribution is 0.0976. The normalized spacial score (nSPS) is 21.0. The van der Waals surface area contributed by atoms with E-state index in [-0.39, 0.29) is 16.5 Å². The van der Waals surface area contributed by atoms with Gasteiger partial charge in [0.1, 0.15) is 11.4 Å². The number of benzene rings is 3. The SMILES string of the molecule is CS(=O)(=O)c1ccc(-c2ccc3c(N[C@H]4CN5CCC4CC5)c(-c4nc5ccccc5[nH]4)c(=O)[nH]c3c2)cc1. The van der Waals surface area contributed by atoms with Crippen molar-refractivity contribution in [3.05, 3.63) is 77.1 Å². The van der Waals surface area contributed by atoms with Crippen LogP contribution in [-0.4, -0.2) is 60.2 Å². The monoisotopic (exact) mass is 539 g/mol. The van der Waals surface area contributed by atoms with Crippen molar-refractivity contribution in [1.29, 1.82) is 0 Å². The third kappa shape index (κ3) is 4.31. The summed E-state index contributed by atoms with van der Waals surface area (Å²) in [5.74, 6) is 1.11. The number of nitrogens with one attached hydrogen (secondary N) is 3. The molecule has 8 nitrogen and oxygen atoms in total. The number of hydrogen-bond donors (Lipinski definition) is 3. The van der Waals surface area contributed by atoms with E-state index in [1.807, 2.05) is 42.5 Å². The lowest BCUT2D eigenvalue weighted by atomic mass is 9.83. The summed E-state index contributed by atoms with van der Waals surface area (Å²) in [5, 5.41) is 4.72. The summed E-state index contributed by atoms with van der Waals surface area (Å²) in [7, 11) is -3.27. The molecule has 3 fully saturated rings. The van der Waals surface area contributed by atoms with E-state index in [1.54, 1.807) is 24.3 Å². The van der Waals surface area contributed by atoms with Crippen molar-refractivity contribution in [2.24, 2.45) is 5.92 Å². The van der Waals surface area contributed by atoms with Gasteiger partial charge in [-0.15, -0.1) is 0 Å². The average Bonchev–Trinajstić information content (AvgIpc) is 3.37. The number of piperidine rings is 3. The minimum absolute atomic E-state index is 0.213. The Hall–Kier alpha value is -3.95. The predicted octanol–water partition coefficient (Wildman–Crippen LogP) is 4.65. The standard InChI is InChI=1S/C30H29N5O3S/c1-39(37,38)21-9-6-18(7-10-21)20-8-11-22-25(16-20)34-30(36)27(29-32-23-4-2-3-5-24(23)33-29)28(22)31-26-17-35-14-12-19(26)13-15-35/h2-11,16,19,26H,12-15,17H2,1H3,(H,32,33)(H2,31,34,36)/t26-/m0/s1. The topological polar surface area (TPSA) is 111 Å². The highest BCUT2D eigenvalue weighted by atomic mass is 32.2. The molecule has 0 spiro atoms. The van der Waals surface area contributed by atoms with Crippen LogP contribution >= 0.6 is 0 Å². The first-order valence-electron chi connectivity index (χ1n) is 13.3. The predicted molar refractivity (Wildman–Crippen MR) is 155 cm³/mol. The van der Waals surface area contributed by atoms with Gasteiger partial charge in [0.15, 0.2) is 9.84 Å². The third-order valence-corrected chi connectivity index (χ3v) is 9.37. The smallest absolute Gasteiger partial charge is 0.261 e. The number of anilines is 1. The number of aromatic nitrogens is 3. The molecule has 8 rings (SSSR count). The van der Waals surface area contributed by atoms with Gasteiger partial charge in [-0.1, -0.05) is 36.4 Å². The lowest BCUT2D eigenvalue weighted by Gasteiger charge is -2.45. The second kappa shape index (κ2) is 9.07. The zero-order valence-electron chi connectivity index (χ0n) is 21.6. The molecule has 198 valence electrons. The molecule has 3 aliphatic heterocycles. The highest BCUT2D eigenvalue weighted by molar-refractivity contribution is 7.90. The number of sulfone groups is 1. The Labute approximate surface area is 226 Å². The Morgan fingerprint density at radius 2 is 1.67 bits per heavy atom. The molecule has 2 aromatic heterocycles. The quantitative estimate of drug-likeness (QED) is 0.300. The fraction of sp³-hybridized carbons (Fsp3) is 0.267. The Morgan fingerprint density at radius 1 is 0.923 bits per heavy atom. The molecule has 5 heterocycles. The highest BCUT2D eigenvalue weighted by Crippen LogP contribution is 2.37. The molecule has 39 heavy (non-hydrogen) atoms. The number of imidazole rings is 1. The second-order valence-electron chi connectivity index (χ2n) is 10.8. The lowest BCUT2D eigenvalue weighted by Crippen LogP contribution is -2.53. The van der Waals surface area contributed by atoms with E-state index in [0.717, 1.165) is 65.7 Å². The summed E-state index contributed by atoms with van der Waals surface area (Å²) in [5.41, 5.74) is 5.28. The number of para-hydroxylation sites is 2. The van der Waals surface area contributed by atoms with Crippen molar-refractivity contribution in [3.8, 4) is 22.5 Å². The summed E-state index contributed by atoms with van der Waals surface area (Å²) < 4.78 is 23.8. The van der Waals surface area contributed by atoms with E-state index >= 15 is 0 Å². The van der Waals surface area contributed by atoms with Gasteiger partial charge < -0.3 is 20.2 Å². The summed E-state index contributed by atoms with van der Waals surface area (Å²) in [6, 6.07) is 20.9. The van der Waals surface area contributed by atoms with Crippen LogP contribution in [0.25, 0.3) is 44.5 Å². The fourth-order valence-electron chi connectivity index (χ4n) is 6.13. The van der Waals surface area contributed by atoms with Crippen molar-refractivity contribution < 1.29 is 8.42 Å². The van der Waals surface area contributed by atoms with Gasteiger partial charge in [0, 0.05) is 24.2 Å². The summed E-state index contributed by atoms with van der Waals surface area (Å²) >= 11 is 0. The molecule has 1 atom stereocenters. The number of aromatic amines is 2. The number of H-pyrrole nitrogens is 2. The number of fused-ring (bicyclic) bond motifs is 5. The Bertz CT molecular complexity index is 1850. The van der Waals surface area contributed by atoms with Gasteiger partial charge in [-0.25, -0.2) is 13.4 Å². The van der Waals surface area contributed by atoms with Crippen LogP contribution in [0.1, 0.15) is 12.8 Å². The van der Waals surface area contributed by atoms with E-state index in [1.165, 1.54) is 6.26 Å². The van der Waals surface area contributed by atoms with Crippen LogP contribution in [0.5, 0.6) is 0 Å². The van der Waals surface area contributed by atoms with Crippen LogP contribution in [0.4, 0.5) is 5.69 Å². The number of nitrogens with zero attached hydrogens (tertiary/aromatic N) is 2. The Morgan fingerprint density at radius 3 is 2.36 bits per heavy atom. The molecular formula is C30H29N5O3S. The van der Waals surface area contributed by atoms with Crippen molar-refractivity contribution in [2.45, 2.75) is 23.8 Å². The maximum Gasteiger partial charge on any atom is 0.261 e. The van der Waals surface area contributed by atoms with Gasteiger partial charge in [0.2, 0.25) is 0 Å². The highest BCUT2D eigenvalue weighted by Gasteiger charge is 2.35. The molecule has 0 radical (unpaired) electrons. The molecule has 9 heteroatoms. The van der Waals surface area contributed by atoms with Crippen molar-refractivity contribution in [1.82, 2.24) is 19.9 Å². The molecule has 3 N–H and O–H groups in total. The summed E-state index contributed by atoms with van der Waals surface area (Å²) in [4.78, 5) is 27.7. The van der Waals surface area contributed by atoms with Crippen LogP contribution in [-0.2, 0) is 9.84 Å². The van der Waals surface area contributed by atoms with Gasteiger partial charge in [0.25, 0.3) is 5.56 Å². The fourth-order valence-corrected chi connectivity index (χ4v) is 6.76. The molecule has 3 aliphatic rings. The minimum Gasteiger partial charge on any atom is -0.379 e. The van der Waals surface area contributed by atoms with Crippen LogP contribution in [0, 0.1) is 5.92 Å². The number of pyridine rings is 1. The molecule has 0 unspecified atom stereocenters. The third-order valence-electron chi connectivity index (χ3n) is 8.24. The molecule has 3 saturated heterocycles. The summed E-state index contributed by atoms with van der Waals surface area (Å²) in [6.45, 7) is 3.23. The molecule has 2 bridgehead atoms. The Kier molecular flexibility index (Phi) is 5.61. The zero-order chi connectivity index (χ0) is 26.7. The molecule has 5 aromatic rings. The van der Waals surface area contributed by atoms with E-state index < -0.39 is 9.84 Å². The van der Waals surface area contributed by atoms with E-state index in [9.17, 15) is 13.2 Å². The molecule has 3 aromatic carbocycles. The van der Waals surface area contributed by atoms with E-state index in [0.29, 0.717) is 22.8 Å². The summed E-state index contributed by atoms with van der Waals surface area (Å²) in [6.07, 6.45) is 3.52. The van der Waals surface area contributed by atoms with Crippen LogP contribution < -0.4 is 10.9 Å². The molecule has 0 saturated carbocycles. The first-order valence-corrected chi connectivity index (χ1v) is 15.2. The largest absolute Gasteiger partial charge is 0.379 e. The molecule has 0 aliphatic carbocycles. The van der Waals surface area contributed by atoms with Crippen LogP contribution in [0.2, 0.25) is 0 Å². The Balaban J connectivity index is 1.37. The van der Waals surface area contributed by atoms with Gasteiger partial charge in [-0.3, -0.25) is 4.79 Å². The van der Waals surface area contributed by atoms with Gasteiger partial charge in [-0.2, -0.15) is 0 Å². The van der Waals surface area contributed by atoms with Crippen molar-refractivity contribution >= 4 is 37.5 Å². The van der Waals surface area contributed by atoms with Crippen molar-refractivity contribution in [3.63, 3.8) is 0 Å². The second-order valence-corrected chi connectivity index (χ2v) is 12.8. The van der Waals surface area contributed by atoms with E-state index in [2.05, 4.69) is 20.2 Å². The van der Waals surface area contributed by atoms with Crippen molar-refractivity contribution in [2.75, 3.05) is 31.2 Å². The van der Waals surface area contributed by atoms with Gasteiger partial charge >= 0.3 is 0 Å². The first kappa shape index (κ1) is 24.1. The van der Waals surface area contributed by atoms with E-state index in [4.69, 9.17) is 4.98 Å². The minimum atomic E-state index is -3.27. The average molecular weight is 540 g/mol. The maximum absolute atomic E-state index is 13.7. The maximum atomic E-state index is 13.7. The number of rotatable bonds is 5. The van der Waals surface area contributed by atoms with Crippen LogP contribution in [0.3, 0.4) is 0 Å². The first-order chi connectivity index (χ1) is 18.8. The van der Waals surface area contributed by atoms with Crippen LogP contribution in [0.15, 0.2) is 76.4 Å². The molecular weight excluding hydrogens is 510 g/mol. The van der Waals surface area contributed by atoms with Gasteiger partial charge in [-0.05, 0) is 73.3 Å². The zero-order valence-corrected chi connectivity index (χ0v) is 22.4.